The first-order valence-corrected chi connectivity index (χ1v) is 7.17. The van der Waals surface area contributed by atoms with Crippen LogP contribution in [0.3, 0.4) is 0 Å². The van der Waals surface area contributed by atoms with Gasteiger partial charge >= 0.3 is 0 Å². The van der Waals surface area contributed by atoms with Crippen molar-refractivity contribution in [3.8, 4) is 6.07 Å². The molecule has 1 aromatic carbocycles. The number of hydrogen-bond donors (Lipinski definition) is 2. The highest BCUT2D eigenvalue weighted by Crippen LogP contribution is 2.31. The van der Waals surface area contributed by atoms with Crippen molar-refractivity contribution >= 4 is 22.3 Å². The van der Waals surface area contributed by atoms with E-state index in [0.717, 1.165) is 41.8 Å². The average Bonchev–Trinajstić information content (AvgIpc) is 2.92. The van der Waals surface area contributed by atoms with Crippen molar-refractivity contribution in [2.45, 2.75) is 12.5 Å². The Bertz CT molecular complexity index is 704. The van der Waals surface area contributed by atoms with Gasteiger partial charge in [0.25, 0.3) is 0 Å². The van der Waals surface area contributed by atoms with Gasteiger partial charge in [-0.05, 0) is 38.2 Å². The monoisotopic (exact) mass is 281 g/mol. The van der Waals surface area contributed by atoms with Gasteiger partial charge in [-0.1, -0.05) is 0 Å². The molecule has 1 aliphatic heterocycles. The molecule has 1 atom stereocenters. The molecule has 3 rings (SSSR count). The molecule has 0 bridgehead atoms. The van der Waals surface area contributed by atoms with Gasteiger partial charge in [-0.25, -0.2) is 0 Å². The lowest BCUT2D eigenvalue weighted by Crippen LogP contribution is -2.24. The van der Waals surface area contributed by atoms with Gasteiger partial charge < -0.3 is 15.5 Å². The second-order valence-electron chi connectivity index (χ2n) is 5.53. The lowest BCUT2D eigenvalue weighted by molar-refractivity contribution is 0.414. The minimum Gasteiger partial charge on any atom is -0.385 e. The Labute approximate surface area is 124 Å². The Kier molecular flexibility index (Phi) is 3.63. The van der Waals surface area contributed by atoms with Gasteiger partial charge in [-0.2, -0.15) is 5.26 Å². The number of pyridine rings is 1. The molecule has 5 heteroatoms. The van der Waals surface area contributed by atoms with Gasteiger partial charge in [0.15, 0.2) is 0 Å². The largest absolute Gasteiger partial charge is 0.385 e. The first kappa shape index (κ1) is 13.7. The Morgan fingerprint density at radius 1 is 1.43 bits per heavy atom. The summed E-state index contributed by atoms with van der Waals surface area (Å²) in [5.74, 6) is 0. The SMILES string of the molecule is CNc1cnc2ccc(C#N)cc2c1NC1CCN(C)C1. The van der Waals surface area contributed by atoms with Crippen LogP contribution in [0.5, 0.6) is 0 Å². The van der Waals surface area contributed by atoms with E-state index in [9.17, 15) is 0 Å². The number of nitriles is 1. The molecule has 2 N–H and O–H groups in total. The molecule has 1 saturated heterocycles. The van der Waals surface area contributed by atoms with Crippen LogP contribution >= 0.6 is 0 Å². The van der Waals surface area contributed by atoms with Crippen molar-refractivity contribution in [3.05, 3.63) is 30.0 Å². The lowest BCUT2D eigenvalue weighted by atomic mass is 10.1. The van der Waals surface area contributed by atoms with E-state index in [0.29, 0.717) is 11.6 Å². The quantitative estimate of drug-likeness (QED) is 0.903. The van der Waals surface area contributed by atoms with Crippen molar-refractivity contribution < 1.29 is 0 Å². The van der Waals surface area contributed by atoms with Crippen LogP contribution in [-0.4, -0.2) is 43.1 Å². The van der Waals surface area contributed by atoms with Crippen LogP contribution in [0.2, 0.25) is 0 Å². The number of likely N-dealkylation sites (tertiary alicyclic amines) is 1. The molecule has 0 radical (unpaired) electrons. The fourth-order valence-electron chi connectivity index (χ4n) is 2.86. The molecule has 0 saturated carbocycles. The lowest BCUT2D eigenvalue weighted by Gasteiger charge is -2.19. The molecule has 0 amide bonds. The van der Waals surface area contributed by atoms with Crippen LogP contribution in [0.25, 0.3) is 10.9 Å². The number of fused-ring (bicyclic) bond motifs is 1. The molecule has 1 fully saturated rings. The smallest absolute Gasteiger partial charge is 0.0991 e. The van der Waals surface area contributed by atoms with Gasteiger partial charge in [-0.3, -0.25) is 4.98 Å². The third kappa shape index (κ3) is 2.63. The number of nitrogens with one attached hydrogen (secondary N) is 2. The summed E-state index contributed by atoms with van der Waals surface area (Å²) in [6, 6.07) is 8.25. The molecule has 0 spiro atoms. The topological polar surface area (TPSA) is 64.0 Å². The van der Waals surface area contributed by atoms with Gasteiger partial charge in [0.2, 0.25) is 0 Å². The van der Waals surface area contributed by atoms with E-state index in [1.807, 2.05) is 31.4 Å². The average molecular weight is 281 g/mol. The minimum absolute atomic E-state index is 0.429. The van der Waals surface area contributed by atoms with Crippen LogP contribution in [-0.2, 0) is 0 Å². The van der Waals surface area contributed by atoms with Crippen molar-refractivity contribution in [3.63, 3.8) is 0 Å². The van der Waals surface area contributed by atoms with E-state index in [4.69, 9.17) is 5.26 Å². The molecule has 1 aliphatic rings. The maximum atomic E-state index is 9.12. The highest BCUT2D eigenvalue weighted by Gasteiger charge is 2.21. The van der Waals surface area contributed by atoms with Crippen molar-refractivity contribution in [2.24, 2.45) is 0 Å². The summed E-state index contributed by atoms with van der Waals surface area (Å²) in [5.41, 5.74) is 3.57. The van der Waals surface area contributed by atoms with Gasteiger partial charge in [0, 0.05) is 25.0 Å². The van der Waals surface area contributed by atoms with E-state index >= 15 is 0 Å². The van der Waals surface area contributed by atoms with E-state index in [2.05, 4.69) is 33.6 Å². The van der Waals surface area contributed by atoms with Crippen LogP contribution in [0.4, 0.5) is 11.4 Å². The summed E-state index contributed by atoms with van der Waals surface area (Å²) in [6.45, 7) is 2.14. The first-order chi connectivity index (χ1) is 10.2. The zero-order chi connectivity index (χ0) is 14.8. The molecule has 2 heterocycles. The molecule has 5 nitrogen and oxygen atoms in total. The number of nitrogens with zero attached hydrogens (tertiary/aromatic N) is 3. The third-order valence-electron chi connectivity index (χ3n) is 4.01. The molecular weight excluding hydrogens is 262 g/mol. The van der Waals surface area contributed by atoms with Gasteiger partial charge in [-0.15, -0.1) is 0 Å². The van der Waals surface area contributed by atoms with E-state index in [1.54, 1.807) is 0 Å². The van der Waals surface area contributed by atoms with Gasteiger partial charge in [0.05, 0.1) is 34.7 Å². The highest BCUT2D eigenvalue weighted by molar-refractivity contribution is 5.98. The van der Waals surface area contributed by atoms with Crippen LogP contribution in [0.1, 0.15) is 12.0 Å². The highest BCUT2D eigenvalue weighted by atomic mass is 15.2. The summed E-state index contributed by atoms with van der Waals surface area (Å²) >= 11 is 0. The van der Waals surface area contributed by atoms with Gasteiger partial charge in [0.1, 0.15) is 0 Å². The molecule has 2 aromatic rings. The van der Waals surface area contributed by atoms with E-state index < -0.39 is 0 Å². The molecule has 1 aromatic heterocycles. The maximum absolute atomic E-state index is 9.12. The summed E-state index contributed by atoms with van der Waals surface area (Å²) in [7, 11) is 4.03. The number of benzene rings is 1. The predicted molar refractivity (Wildman–Crippen MR) is 85.5 cm³/mol. The zero-order valence-corrected chi connectivity index (χ0v) is 12.3. The Hall–Kier alpha value is -2.32. The Morgan fingerprint density at radius 2 is 2.29 bits per heavy atom. The van der Waals surface area contributed by atoms with Crippen LogP contribution in [0, 0.1) is 11.3 Å². The first-order valence-electron chi connectivity index (χ1n) is 7.17. The summed E-state index contributed by atoms with van der Waals surface area (Å²) in [5, 5.41) is 16.9. The summed E-state index contributed by atoms with van der Waals surface area (Å²) in [4.78, 5) is 6.78. The molecule has 21 heavy (non-hydrogen) atoms. The number of anilines is 2. The molecular formula is C16H19N5. The van der Waals surface area contributed by atoms with Crippen LogP contribution in [0.15, 0.2) is 24.4 Å². The normalized spacial score (nSPS) is 18.6. The standard InChI is InChI=1S/C16H19N5/c1-18-15-9-19-14-4-3-11(8-17)7-13(14)16(15)20-12-5-6-21(2)10-12/h3-4,7,9,12,18H,5-6,10H2,1-2H3,(H,19,20). The zero-order valence-electron chi connectivity index (χ0n) is 12.3. The Morgan fingerprint density at radius 3 is 2.95 bits per heavy atom. The van der Waals surface area contributed by atoms with E-state index in [-0.39, 0.29) is 0 Å². The number of hydrogen-bond acceptors (Lipinski definition) is 5. The Balaban J connectivity index is 2.06. The van der Waals surface area contributed by atoms with E-state index in [1.165, 1.54) is 0 Å². The number of likely N-dealkylation sites (N-methyl/N-ethyl adjacent to an activating group) is 1. The molecule has 1 unspecified atom stereocenters. The molecule has 0 aliphatic carbocycles. The second-order valence-corrected chi connectivity index (χ2v) is 5.53. The third-order valence-corrected chi connectivity index (χ3v) is 4.01. The summed E-state index contributed by atoms with van der Waals surface area (Å²) < 4.78 is 0. The fraction of sp³-hybridized carbons (Fsp3) is 0.375. The minimum atomic E-state index is 0.429. The number of rotatable bonds is 3. The van der Waals surface area contributed by atoms with Crippen molar-refractivity contribution in [1.29, 1.82) is 5.26 Å². The number of aromatic nitrogens is 1. The second kappa shape index (κ2) is 5.58. The molecule has 108 valence electrons. The van der Waals surface area contributed by atoms with Crippen molar-refractivity contribution in [2.75, 3.05) is 37.8 Å². The maximum Gasteiger partial charge on any atom is 0.0991 e. The fourth-order valence-corrected chi connectivity index (χ4v) is 2.86. The van der Waals surface area contributed by atoms with Crippen LogP contribution < -0.4 is 10.6 Å². The predicted octanol–water partition coefficient (Wildman–Crippen LogP) is 2.26. The van der Waals surface area contributed by atoms with Crippen molar-refractivity contribution in [1.82, 2.24) is 9.88 Å². The summed E-state index contributed by atoms with van der Waals surface area (Å²) in [6.07, 6.45) is 2.97.